The molecule has 0 aliphatic rings. The van der Waals surface area contributed by atoms with Crippen LogP contribution < -0.4 is 39.3 Å². The Morgan fingerprint density at radius 3 is 0.873 bits per heavy atom. The van der Waals surface area contributed by atoms with Gasteiger partial charge in [-0.15, -0.1) is 0 Å². The number of benzene rings is 2. The van der Waals surface area contributed by atoms with Crippen molar-refractivity contribution in [3.05, 3.63) is 129 Å². The summed E-state index contributed by atoms with van der Waals surface area (Å²) in [6.07, 6.45) is 36.8. The van der Waals surface area contributed by atoms with Gasteiger partial charge in [0.05, 0.1) is 24.3 Å². The zero-order chi connectivity index (χ0) is 56.4. The van der Waals surface area contributed by atoms with Crippen molar-refractivity contribution in [1.82, 2.24) is 0 Å². The Hall–Kier alpha value is -6.30. The van der Waals surface area contributed by atoms with Gasteiger partial charge in [-0.2, -0.15) is 0 Å². The van der Waals surface area contributed by atoms with E-state index in [4.69, 9.17) is 28.4 Å². The van der Waals surface area contributed by atoms with Gasteiger partial charge in [-0.3, -0.25) is 19.2 Å². The fraction of sp³-hybridized carbons (Fsp3) is 0.552. The van der Waals surface area contributed by atoms with Gasteiger partial charge in [0.1, 0.15) is 23.0 Å². The van der Waals surface area contributed by atoms with Crippen LogP contribution in [0.25, 0.3) is 0 Å². The smallest absolute Gasteiger partial charge is 0.343 e. The molecule has 0 fully saturated rings. The summed E-state index contributed by atoms with van der Waals surface area (Å²) in [5, 5.41) is 0. The third kappa shape index (κ3) is 30.0. The van der Waals surface area contributed by atoms with Crippen molar-refractivity contribution in [3.8, 4) is 34.5 Å². The first-order valence-electron chi connectivity index (χ1n) is 30.3. The summed E-state index contributed by atoms with van der Waals surface area (Å²) in [5.74, 6) is -1.11. The highest BCUT2D eigenvalue weighted by atomic mass is 16.6. The highest BCUT2D eigenvalue weighted by molar-refractivity contribution is 5.91. The first-order valence-corrected chi connectivity index (χ1v) is 30.3. The summed E-state index contributed by atoms with van der Waals surface area (Å²) in [4.78, 5) is 76.3. The van der Waals surface area contributed by atoms with E-state index < -0.39 is 34.7 Å². The molecule has 0 aromatic heterocycles. The number of rotatable bonds is 44. The first kappa shape index (κ1) is 65.2. The predicted octanol–water partition coefficient (Wildman–Crippen LogP) is 17.0. The first-order chi connectivity index (χ1) is 38.6. The molecule has 0 saturated carbocycles. The van der Waals surface area contributed by atoms with Crippen LogP contribution in [-0.4, -0.2) is 37.1 Å². The number of hydrogen-bond acceptors (Lipinski definition) is 12. The minimum atomic E-state index is -0.604. The van der Waals surface area contributed by atoms with Crippen LogP contribution in [-0.2, 0) is 9.59 Å². The lowest BCUT2D eigenvalue weighted by atomic mass is 10.0. The number of carbonyl (C=O) groups is 4. The Labute approximate surface area is 471 Å². The van der Waals surface area contributed by atoms with Crippen LogP contribution in [0.1, 0.15) is 246 Å². The molecule has 0 radical (unpaired) electrons. The number of esters is 4. The maximum Gasteiger partial charge on any atom is 0.343 e. The predicted molar refractivity (Wildman–Crippen MR) is 314 cm³/mol. The van der Waals surface area contributed by atoms with Gasteiger partial charge in [0.25, 0.3) is 0 Å². The Kier molecular flexibility index (Phi) is 34.4. The molecule has 4 aromatic rings. The van der Waals surface area contributed by atoms with Crippen LogP contribution in [0.2, 0.25) is 0 Å². The highest BCUT2D eigenvalue weighted by Gasteiger charge is 2.14. The molecule has 12 nitrogen and oxygen atoms in total. The summed E-state index contributed by atoms with van der Waals surface area (Å²) < 4.78 is 33.5. The summed E-state index contributed by atoms with van der Waals surface area (Å²) in [5.41, 5.74) is -0.434. The van der Waals surface area contributed by atoms with Crippen LogP contribution >= 0.6 is 0 Å². The summed E-state index contributed by atoms with van der Waals surface area (Å²) in [6.45, 7) is 5.75. The molecule has 0 atom stereocenters. The second kappa shape index (κ2) is 41.7. The average molecular weight is 1090 g/mol. The Morgan fingerprint density at radius 1 is 0.291 bits per heavy atom. The third-order valence-corrected chi connectivity index (χ3v) is 13.9. The second-order valence-corrected chi connectivity index (χ2v) is 20.8. The van der Waals surface area contributed by atoms with Gasteiger partial charge in [0.15, 0.2) is 11.5 Å². The van der Waals surface area contributed by atoms with Crippen molar-refractivity contribution in [3.63, 3.8) is 0 Å². The maximum absolute atomic E-state index is 12.9. The van der Waals surface area contributed by atoms with Gasteiger partial charge in [0, 0.05) is 12.8 Å². The fourth-order valence-corrected chi connectivity index (χ4v) is 9.12. The molecule has 432 valence electrons. The normalized spacial score (nSPS) is 11.0. The molecule has 4 rings (SSSR count). The van der Waals surface area contributed by atoms with Gasteiger partial charge < -0.3 is 28.4 Å². The van der Waals surface area contributed by atoms with Gasteiger partial charge in [0.2, 0.25) is 10.9 Å². The van der Waals surface area contributed by atoms with Crippen molar-refractivity contribution < 1.29 is 47.6 Å². The van der Waals surface area contributed by atoms with E-state index in [9.17, 15) is 28.8 Å². The number of carbonyl (C=O) groups excluding carboxylic acids is 4. The molecule has 0 bridgehead atoms. The van der Waals surface area contributed by atoms with E-state index >= 15 is 0 Å². The molecule has 0 aliphatic carbocycles. The highest BCUT2D eigenvalue weighted by Crippen LogP contribution is 2.21. The average Bonchev–Trinajstić information content (AvgIpc) is 3.74. The van der Waals surface area contributed by atoms with Crippen LogP contribution in [0.15, 0.2) is 107 Å². The van der Waals surface area contributed by atoms with Crippen LogP contribution in [0.5, 0.6) is 34.5 Å². The van der Waals surface area contributed by atoms with Gasteiger partial charge in [-0.05, 0) is 123 Å². The lowest BCUT2D eigenvalue weighted by molar-refractivity contribution is -0.135. The largest absolute Gasteiger partial charge is 0.494 e. The topological polar surface area (TPSA) is 158 Å². The van der Waals surface area contributed by atoms with Crippen LogP contribution in [0, 0.1) is 0 Å². The minimum absolute atomic E-state index is 0.0798. The molecule has 0 spiro atoms. The van der Waals surface area contributed by atoms with E-state index in [1.165, 1.54) is 190 Å². The monoisotopic (exact) mass is 1090 g/mol. The van der Waals surface area contributed by atoms with Gasteiger partial charge in [-0.25, -0.2) is 9.59 Å². The SMILES string of the molecule is CCCCCCCCCCCCCCCOc1ccc(C(=O)Oc2ccc(OC(=O)CCCCCCCC(=O)Oc3ccc(OC(=O)c4ccc(OCCCCCCCCCCCCCCC)cc4)ccc3=O)c(=O)cc2)cc1. The van der Waals surface area contributed by atoms with Crippen molar-refractivity contribution in [2.24, 2.45) is 0 Å². The summed E-state index contributed by atoms with van der Waals surface area (Å²) in [7, 11) is 0. The number of unbranched alkanes of at least 4 members (excludes halogenated alkanes) is 28. The maximum atomic E-state index is 12.9. The fourth-order valence-electron chi connectivity index (χ4n) is 9.12. The molecule has 79 heavy (non-hydrogen) atoms. The van der Waals surface area contributed by atoms with E-state index in [0.29, 0.717) is 61.5 Å². The molecule has 12 heteroatoms. The van der Waals surface area contributed by atoms with Crippen molar-refractivity contribution >= 4 is 23.9 Å². The molecule has 0 N–H and O–H groups in total. The quantitative estimate of drug-likeness (QED) is 0.0305. The molecule has 0 unspecified atom stereocenters. The van der Waals surface area contributed by atoms with Crippen LogP contribution in [0.4, 0.5) is 0 Å². The molecular formula is C67H92O12. The van der Waals surface area contributed by atoms with Crippen molar-refractivity contribution in [1.29, 1.82) is 0 Å². The molecular weight excluding hydrogens is 997 g/mol. The molecule has 0 heterocycles. The zero-order valence-electron chi connectivity index (χ0n) is 47.9. The van der Waals surface area contributed by atoms with E-state index in [1.807, 2.05) is 0 Å². The third-order valence-electron chi connectivity index (χ3n) is 13.9. The minimum Gasteiger partial charge on any atom is -0.494 e. The lowest BCUT2D eigenvalue weighted by Crippen LogP contribution is -2.13. The molecule has 4 aromatic carbocycles. The zero-order valence-corrected chi connectivity index (χ0v) is 47.9. The second-order valence-electron chi connectivity index (χ2n) is 20.8. The van der Waals surface area contributed by atoms with Gasteiger partial charge >= 0.3 is 23.9 Å². The van der Waals surface area contributed by atoms with Crippen LogP contribution in [0.3, 0.4) is 0 Å². The number of hydrogen-bond donors (Lipinski definition) is 0. The molecule has 0 saturated heterocycles. The Bertz CT molecular complexity index is 2280. The molecule has 0 amide bonds. The summed E-state index contributed by atoms with van der Waals surface area (Å²) in [6, 6.07) is 24.0. The van der Waals surface area contributed by atoms with Crippen molar-refractivity contribution in [2.45, 2.75) is 226 Å². The van der Waals surface area contributed by atoms with Crippen molar-refractivity contribution in [2.75, 3.05) is 13.2 Å². The standard InChI is InChI=1S/C67H92O12/c1-3-5-7-9-11-13-15-17-19-21-23-28-32-52-74-56-40-36-54(37-41-56)66(72)76-58-44-48-60(68)62(50-46-58)78-64(70)34-30-26-25-27-31-35-65(71)79-63-51-47-59(45-49-61(63)69)77-67(73)55-38-42-57(43-39-55)75-53-33-29-24-22-20-18-16-14-12-10-8-6-4-2/h36-51H,3-35,52-53H2,1-2H3. The van der Waals surface area contributed by atoms with Gasteiger partial charge in [-0.1, -0.05) is 187 Å². The van der Waals surface area contributed by atoms with E-state index in [1.54, 1.807) is 48.5 Å². The number of ether oxygens (including phenoxy) is 6. The molecule has 0 aliphatic heterocycles. The summed E-state index contributed by atoms with van der Waals surface area (Å²) >= 11 is 0. The Morgan fingerprint density at radius 2 is 0.557 bits per heavy atom. The Balaban J connectivity index is 1.02. The lowest BCUT2D eigenvalue weighted by Gasteiger charge is -2.07. The van der Waals surface area contributed by atoms with E-state index in [2.05, 4.69) is 13.8 Å². The van der Waals surface area contributed by atoms with E-state index in [-0.39, 0.29) is 35.8 Å². The van der Waals surface area contributed by atoms with E-state index in [0.717, 1.165) is 32.1 Å².